The summed E-state index contributed by atoms with van der Waals surface area (Å²) in [6.07, 6.45) is 9.31. The van der Waals surface area contributed by atoms with Crippen LogP contribution in [0.4, 0.5) is 0 Å². The number of nitrogens with zero attached hydrogens (tertiary/aromatic N) is 1. The van der Waals surface area contributed by atoms with Gasteiger partial charge in [0.05, 0.1) is 6.07 Å². The van der Waals surface area contributed by atoms with Gasteiger partial charge in [-0.3, -0.25) is 0 Å². The molecule has 0 atom stereocenters. The lowest BCUT2D eigenvalue weighted by molar-refractivity contribution is 0.373. The van der Waals surface area contributed by atoms with Gasteiger partial charge in [0, 0.05) is 6.08 Å². The normalized spacial score (nSPS) is 20.0. The van der Waals surface area contributed by atoms with E-state index in [0.29, 0.717) is 0 Å². The standard InChI is InChI=1S/C21H29N/c1-15(12-14-22)10-11-16(2)18(4)19(5)20-17(3)9-8-13-21(20,6)7/h10-12H,5,8-9,13H2,1-4,6-7H3/b11-10+,15-12+,18-16+. The molecule has 0 fully saturated rings. The van der Waals surface area contributed by atoms with Gasteiger partial charge in [-0.15, -0.1) is 0 Å². The van der Waals surface area contributed by atoms with Gasteiger partial charge < -0.3 is 0 Å². The van der Waals surface area contributed by atoms with Crippen molar-refractivity contribution in [1.29, 1.82) is 5.26 Å². The van der Waals surface area contributed by atoms with Gasteiger partial charge in [0.15, 0.2) is 0 Å². The second-order valence-corrected chi connectivity index (χ2v) is 7.03. The van der Waals surface area contributed by atoms with E-state index in [-0.39, 0.29) is 5.41 Å². The summed E-state index contributed by atoms with van der Waals surface area (Å²) in [4.78, 5) is 0. The summed E-state index contributed by atoms with van der Waals surface area (Å²) >= 11 is 0. The van der Waals surface area contributed by atoms with Crippen LogP contribution in [0.1, 0.15) is 60.8 Å². The first kappa shape index (κ1) is 18.2. The van der Waals surface area contributed by atoms with Crippen molar-refractivity contribution >= 4 is 0 Å². The van der Waals surface area contributed by atoms with E-state index < -0.39 is 0 Å². The van der Waals surface area contributed by atoms with Gasteiger partial charge in [0.1, 0.15) is 0 Å². The maximum atomic E-state index is 8.66. The van der Waals surface area contributed by atoms with E-state index in [1.165, 1.54) is 47.1 Å². The van der Waals surface area contributed by atoms with Crippen molar-refractivity contribution in [3.8, 4) is 6.07 Å². The molecular formula is C21H29N. The fourth-order valence-corrected chi connectivity index (χ4v) is 3.25. The lowest BCUT2D eigenvalue weighted by Crippen LogP contribution is -2.22. The maximum absolute atomic E-state index is 8.66. The molecule has 0 aliphatic heterocycles. The van der Waals surface area contributed by atoms with Crippen LogP contribution in [-0.2, 0) is 0 Å². The molecule has 0 spiro atoms. The van der Waals surface area contributed by atoms with Crippen molar-refractivity contribution in [1.82, 2.24) is 0 Å². The summed E-state index contributed by atoms with van der Waals surface area (Å²) in [5.41, 5.74) is 7.72. The number of allylic oxidation sites excluding steroid dienone is 9. The number of hydrogen-bond acceptors (Lipinski definition) is 1. The average molecular weight is 295 g/mol. The predicted octanol–water partition coefficient (Wildman–Crippen LogP) is 6.43. The Kier molecular flexibility index (Phi) is 6.18. The molecule has 0 unspecified atom stereocenters. The van der Waals surface area contributed by atoms with Crippen LogP contribution in [0, 0.1) is 16.7 Å². The molecule has 0 N–H and O–H groups in total. The molecule has 1 aliphatic rings. The topological polar surface area (TPSA) is 23.8 Å². The Bertz CT molecular complexity index is 613. The Morgan fingerprint density at radius 2 is 1.86 bits per heavy atom. The molecule has 0 heterocycles. The van der Waals surface area contributed by atoms with Crippen molar-refractivity contribution in [3.05, 3.63) is 58.2 Å². The van der Waals surface area contributed by atoms with Crippen molar-refractivity contribution in [2.45, 2.75) is 60.8 Å². The molecular weight excluding hydrogens is 266 g/mol. The minimum Gasteiger partial charge on any atom is -0.193 e. The lowest BCUT2D eigenvalue weighted by atomic mass is 9.69. The Labute approximate surface area is 136 Å². The first-order valence-corrected chi connectivity index (χ1v) is 8.02. The van der Waals surface area contributed by atoms with Crippen LogP contribution >= 0.6 is 0 Å². The number of rotatable bonds is 4. The van der Waals surface area contributed by atoms with Gasteiger partial charge in [-0.05, 0) is 80.2 Å². The molecule has 22 heavy (non-hydrogen) atoms. The summed E-state index contributed by atoms with van der Waals surface area (Å²) in [6.45, 7) is 17.5. The fourth-order valence-electron chi connectivity index (χ4n) is 3.25. The SMILES string of the molecule is C=C(C1=C(C)CCCC1(C)C)/C(C)=C(C)/C=C/C(C)=C/C#N. The highest BCUT2D eigenvalue weighted by atomic mass is 14.3. The van der Waals surface area contributed by atoms with Crippen molar-refractivity contribution in [3.63, 3.8) is 0 Å². The largest absolute Gasteiger partial charge is 0.193 e. The van der Waals surface area contributed by atoms with Gasteiger partial charge in [-0.2, -0.15) is 5.26 Å². The van der Waals surface area contributed by atoms with Crippen molar-refractivity contribution in [2.24, 2.45) is 5.41 Å². The van der Waals surface area contributed by atoms with Crippen LogP contribution in [0.25, 0.3) is 0 Å². The van der Waals surface area contributed by atoms with E-state index in [2.05, 4.69) is 53.3 Å². The molecule has 1 rings (SSSR count). The third-order valence-corrected chi connectivity index (χ3v) is 4.69. The fraction of sp³-hybridized carbons (Fsp3) is 0.476. The van der Waals surface area contributed by atoms with Crippen LogP contribution in [0.3, 0.4) is 0 Å². The zero-order chi connectivity index (χ0) is 16.9. The van der Waals surface area contributed by atoms with Gasteiger partial charge in [0.25, 0.3) is 0 Å². The summed E-state index contributed by atoms with van der Waals surface area (Å²) in [6, 6.07) is 2.06. The van der Waals surface area contributed by atoms with E-state index in [1.807, 2.05) is 13.0 Å². The van der Waals surface area contributed by atoms with Gasteiger partial charge >= 0.3 is 0 Å². The minimum atomic E-state index is 0.210. The molecule has 0 saturated carbocycles. The minimum absolute atomic E-state index is 0.210. The van der Waals surface area contributed by atoms with Crippen LogP contribution in [0.2, 0.25) is 0 Å². The second-order valence-electron chi connectivity index (χ2n) is 7.03. The predicted molar refractivity (Wildman–Crippen MR) is 96.4 cm³/mol. The van der Waals surface area contributed by atoms with E-state index in [1.54, 1.807) is 6.08 Å². The van der Waals surface area contributed by atoms with Crippen LogP contribution in [-0.4, -0.2) is 0 Å². The molecule has 0 aromatic rings. The molecule has 0 aromatic carbocycles. The molecule has 0 aromatic heterocycles. The smallest absolute Gasteiger partial charge is 0.0914 e. The van der Waals surface area contributed by atoms with Gasteiger partial charge in [-0.25, -0.2) is 0 Å². The van der Waals surface area contributed by atoms with Crippen molar-refractivity contribution in [2.75, 3.05) is 0 Å². The Balaban J connectivity index is 3.14. The molecule has 1 aliphatic carbocycles. The molecule has 1 heteroatoms. The summed E-state index contributed by atoms with van der Waals surface area (Å²) in [5.74, 6) is 0. The van der Waals surface area contributed by atoms with Crippen LogP contribution < -0.4 is 0 Å². The summed E-state index contributed by atoms with van der Waals surface area (Å²) < 4.78 is 0. The van der Waals surface area contributed by atoms with E-state index >= 15 is 0 Å². The zero-order valence-electron chi connectivity index (χ0n) is 15.0. The van der Waals surface area contributed by atoms with Crippen LogP contribution in [0.15, 0.2) is 58.2 Å². The van der Waals surface area contributed by atoms with Gasteiger partial charge in [-0.1, -0.05) is 38.2 Å². The van der Waals surface area contributed by atoms with Gasteiger partial charge in [0.2, 0.25) is 0 Å². The van der Waals surface area contributed by atoms with Crippen LogP contribution in [0.5, 0.6) is 0 Å². The first-order chi connectivity index (χ1) is 10.2. The molecule has 1 nitrogen and oxygen atoms in total. The monoisotopic (exact) mass is 295 g/mol. The maximum Gasteiger partial charge on any atom is 0.0914 e. The van der Waals surface area contributed by atoms with Crippen molar-refractivity contribution < 1.29 is 0 Å². The average Bonchev–Trinajstić information content (AvgIpc) is 2.43. The van der Waals surface area contributed by atoms with E-state index in [4.69, 9.17) is 5.26 Å². The third kappa shape index (κ3) is 4.34. The highest BCUT2D eigenvalue weighted by molar-refractivity contribution is 5.52. The number of hydrogen-bond donors (Lipinski definition) is 0. The molecule has 0 amide bonds. The first-order valence-electron chi connectivity index (χ1n) is 8.02. The Hall–Kier alpha value is -1.81. The highest BCUT2D eigenvalue weighted by Crippen LogP contribution is 2.45. The summed E-state index contributed by atoms with van der Waals surface area (Å²) in [5, 5.41) is 8.66. The highest BCUT2D eigenvalue weighted by Gasteiger charge is 2.30. The Morgan fingerprint density at radius 1 is 1.23 bits per heavy atom. The molecule has 0 bridgehead atoms. The third-order valence-electron chi connectivity index (χ3n) is 4.69. The Morgan fingerprint density at radius 3 is 2.41 bits per heavy atom. The second kappa shape index (κ2) is 7.45. The van der Waals surface area contributed by atoms with E-state index in [9.17, 15) is 0 Å². The van der Waals surface area contributed by atoms with E-state index in [0.717, 1.165) is 5.57 Å². The zero-order valence-corrected chi connectivity index (χ0v) is 15.0. The quantitative estimate of drug-likeness (QED) is 0.433. The molecule has 0 saturated heterocycles. The molecule has 118 valence electrons. The lowest BCUT2D eigenvalue weighted by Gasteiger charge is -2.36. The number of nitriles is 1. The summed E-state index contributed by atoms with van der Waals surface area (Å²) in [7, 11) is 0. The molecule has 0 radical (unpaired) electrons.